The number of benzene rings is 2. The Kier molecular flexibility index (Phi) is 6.74. The maximum atomic E-state index is 12.4. The van der Waals surface area contributed by atoms with E-state index in [9.17, 15) is 14.4 Å². The molecular formula is C21H24N4O5. The number of hydrazine groups is 1. The standard InChI is InChI=1S/C21H24N4O5/c1-3-29-17-10-6-7-11-18(17)30-14-20(27)23-22-19(26)12-13-25-16-9-5-4-8-15(16)24(2)21(25)28/h4-11H,3,12-14H2,1-2H3,(H,22,26)(H,23,27). The largest absolute Gasteiger partial charge is 0.490 e. The summed E-state index contributed by atoms with van der Waals surface area (Å²) >= 11 is 0. The highest BCUT2D eigenvalue weighted by Crippen LogP contribution is 2.26. The second-order valence-corrected chi connectivity index (χ2v) is 6.50. The lowest BCUT2D eigenvalue weighted by Crippen LogP contribution is -2.44. The Bertz CT molecular complexity index is 1100. The van der Waals surface area contributed by atoms with Gasteiger partial charge in [-0.15, -0.1) is 0 Å². The Morgan fingerprint density at radius 1 is 0.900 bits per heavy atom. The molecule has 0 spiro atoms. The number of aryl methyl sites for hydroxylation is 2. The van der Waals surface area contributed by atoms with Gasteiger partial charge in [-0.2, -0.15) is 0 Å². The third-order valence-corrected chi connectivity index (χ3v) is 4.46. The number of carbonyl (C=O) groups excluding carboxylic acids is 2. The van der Waals surface area contributed by atoms with Gasteiger partial charge in [-0.1, -0.05) is 24.3 Å². The van der Waals surface area contributed by atoms with Gasteiger partial charge in [0.1, 0.15) is 0 Å². The molecule has 2 N–H and O–H groups in total. The topological polar surface area (TPSA) is 104 Å². The van der Waals surface area contributed by atoms with Crippen LogP contribution in [0.2, 0.25) is 0 Å². The summed E-state index contributed by atoms with van der Waals surface area (Å²) in [5.74, 6) is 0.0448. The fraction of sp³-hybridized carbons (Fsp3) is 0.286. The molecule has 1 heterocycles. The van der Waals surface area contributed by atoms with Crippen molar-refractivity contribution in [2.45, 2.75) is 19.9 Å². The molecule has 0 aliphatic heterocycles. The molecule has 0 aliphatic carbocycles. The predicted molar refractivity (Wildman–Crippen MR) is 111 cm³/mol. The lowest BCUT2D eigenvalue weighted by Gasteiger charge is -2.12. The van der Waals surface area contributed by atoms with E-state index in [1.807, 2.05) is 31.2 Å². The number of carbonyl (C=O) groups is 2. The summed E-state index contributed by atoms with van der Waals surface area (Å²) in [6.45, 7) is 2.24. The van der Waals surface area contributed by atoms with E-state index in [2.05, 4.69) is 10.9 Å². The first-order valence-corrected chi connectivity index (χ1v) is 9.57. The van der Waals surface area contributed by atoms with Crippen LogP contribution in [0.25, 0.3) is 11.0 Å². The predicted octanol–water partition coefficient (Wildman–Crippen LogP) is 1.36. The molecule has 3 rings (SSSR count). The van der Waals surface area contributed by atoms with E-state index in [0.29, 0.717) is 18.1 Å². The molecule has 9 heteroatoms. The third-order valence-electron chi connectivity index (χ3n) is 4.46. The summed E-state index contributed by atoms with van der Waals surface area (Å²) in [5, 5.41) is 0. The van der Waals surface area contributed by atoms with Gasteiger partial charge in [-0.25, -0.2) is 4.79 Å². The number of para-hydroxylation sites is 4. The van der Waals surface area contributed by atoms with Crippen LogP contribution >= 0.6 is 0 Å². The second kappa shape index (κ2) is 9.64. The van der Waals surface area contributed by atoms with Crippen molar-refractivity contribution in [1.29, 1.82) is 0 Å². The highest BCUT2D eigenvalue weighted by Gasteiger charge is 2.12. The Morgan fingerprint density at radius 3 is 2.20 bits per heavy atom. The van der Waals surface area contributed by atoms with Crippen molar-refractivity contribution in [3.8, 4) is 11.5 Å². The number of aromatic nitrogens is 2. The summed E-state index contributed by atoms with van der Waals surface area (Å²) < 4.78 is 13.9. The van der Waals surface area contributed by atoms with Gasteiger partial charge >= 0.3 is 5.69 Å². The number of nitrogens with one attached hydrogen (secondary N) is 2. The molecule has 9 nitrogen and oxygen atoms in total. The van der Waals surface area contributed by atoms with Gasteiger partial charge < -0.3 is 9.47 Å². The molecular weight excluding hydrogens is 388 g/mol. The lowest BCUT2D eigenvalue weighted by molar-refractivity contribution is -0.130. The average Bonchev–Trinajstić information content (AvgIpc) is 3.00. The number of rotatable bonds is 8. The van der Waals surface area contributed by atoms with Crippen LogP contribution in [0.4, 0.5) is 0 Å². The Hall–Kier alpha value is -3.75. The van der Waals surface area contributed by atoms with Crippen molar-refractivity contribution in [1.82, 2.24) is 20.0 Å². The first-order chi connectivity index (χ1) is 14.5. The number of imidazole rings is 1. The Labute approximate surface area is 173 Å². The van der Waals surface area contributed by atoms with Crippen LogP contribution in [0.15, 0.2) is 53.3 Å². The maximum absolute atomic E-state index is 12.4. The van der Waals surface area contributed by atoms with Gasteiger partial charge in [0.2, 0.25) is 5.91 Å². The molecule has 0 radical (unpaired) electrons. The maximum Gasteiger partial charge on any atom is 0.328 e. The number of nitrogens with zero attached hydrogens (tertiary/aromatic N) is 2. The van der Waals surface area contributed by atoms with E-state index >= 15 is 0 Å². The van der Waals surface area contributed by atoms with Crippen LogP contribution in [-0.4, -0.2) is 34.2 Å². The quantitative estimate of drug-likeness (QED) is 0.544. The van der Waals surface area contributed by atoms with Crippen LogP contribution in [0.5, 0.6) is 11.5 Å². The first-order valence-electron chi connectivity index (χ1n) is 9.57. The van der Waals surface area contributed by atoms with Gasteiger partial charge in [-0.05, 0) is 31.2 Å². The average molecular weight is 412 g/mol. The minimum Gasteiger partial charge on any atom is -0.490 e. The van der Waals surface area contributed by atoms with E-state index in [1.165, 1.54) is 9.13 Å². The number of hydrogen-bond donors (Lipinski definition) is 2. The zero-order valence-corrected chi connectivity index (χ0v) is 16.9. The summed E-state index contributed by atoms with van der Waals surface area (Å²) in [5.41, 5.74) is 5.98. The third kappa shape index (κ3) is 4.80. The zero-order valence-electron chi connectivity index (χ0n) is 16.9. The highest BCUT2D eigenvalue weighted by molar-refractivity contribution is 5.83. The van der Waals surface area contributed by atoms with Crippen LogP contribution in [0, 0.1) is 0 Å². The first kappa shape index (κ1) is 21.0. The molecule has 1 aromatic heterocycles. The molecule has 0 saturated heterocycles. The lowest BCUT2D eigenvalue weighted by atomic mass is 10.3. The van der Waals surface area contributed by atoms with E-state index in [4.69, 9.17) is 9.47 Å². The molecule has 0 fully saturated rings. The molecule has 30 heavy (non-hydrogen) atoms. The van der Waals surface area contributed by atoms with Crippen molar-refractivity contribution in [2.75, 3.05) is 13.2 Å². The van der Waals surface area contributed by atoms with Crippen molar-refractivity contribution < 1.29 is 19.1 Å². The van der Waals surface area contributed by atoms with Crippen LogP contribution < -0.4 is 26.0 Å². The number of fused-ring (bicyclic) bond motifs is 1. The van der Waals surface area contributed by atoms with Gasteiger partial charge in [0.25, 0.3) is 5.91 Å². The minimum absolute atomic E-state index is 0.0300. The van der Waals surface area contributed by atoms with E-state index in [1.54, 1.807) is 31.3 Å². The summed E-state index contributed by atoms with van der Waals surface area (Å²) in [6.07, 6.45) is 0.0300. The van der Waals surface area contributed by atoms with Crippen LogP contribution in [0.3, 0.4) is 0 Å². The summed E-state index contributed by atoms with van der Waals surface area (Å²) in [7, 11) is 1.69. The molecule has 0 unspecified atom stereocenters. The Morgan fingerprint density at radius 2 is 1.50 bits per heavy atom. The number of hydrogen-bond acceptors (Lipinski definition) is 5. The fourth-order valence-corrected chi connectivity index (χ4v) is 3.02. The Balaban J connectivity index is 1.48. The molecule has 2 amide bonds. The highest BCUT2D eigenvalue weighted by atomic mass is 16.5. The molecule has 0 bridgehead atoms. The molecule has 0 atom stereocenters. The van der Waals surface area contributed by atoms with E-state index in [-0.39, 0.29) is 25.3 Å². The molecule has 0 saturated carbocycles. The van der Waals surface area contributed by atoms with Crippen molar-refractivity contribution in [3.05, 3.63) is 59.0 Å². The van der Waals surface area contributed by atoms with Gasteiger partial charge in [-0.3, -0.25) is 29.6 Å². The zero-order chi connectivity index (χ0) is 21.5. The second-order valence-electron chi connectivity index (χ2n) is 6.50. The van der Waals surface area contributed by atoms with Crippen LogP contribution in [-0.2, 0) is 23.2 Å². The van der Waals surface area contributed by atoms with Gasteiger partial charge in [0.15, 0.2) is 18.1 Å². The normalized spacial score (nSPS) is 10.6. The van der Waals surface area contributed by atoms with Gasteiger partial charge in [0, 0.05) is 20.0 Å². The van der Waals surface area contributed by atoms with Crippen molar-refractivity contribution >= 4 is 22.8 Å². The summed E-state index contributed by atoms with van der Waals surface area (Å²) in [6, 6.07) is 14.4. The van der Waals surface area contributed by atoms with Crippen molar-refractivity contribution in [2.24, 2.45) is 7.05 Å². The van der Waals surface area contributed by atoms with Gasteiger partial charge in [0.05, 0.1) is 17.6 Å². The fourth-order valence-electron chi connectivity index (χ4n) is 3.02. The molecule has 3 aromatic rings. The smallest absolute Gasteiger partial charge is 0.328 e. The van der Waals surface area contributed by atoms with Crippen LogP contribution in [0.1, 0.15) is 13.3 Å². The SMILES string of the molecule is CCOc1ccccc1OCC(=O)NNC(=O)CCn1c(=O)n(C)c2ccccc21. The van der Waals surface area contributed by atoms with E-state index in [0.717, 1.165) is 11.0 Å². The summed E-state index contributed by atoms with van der Waals surface area (Å²) in [4.78, 5) is 36.4. The number of ether oxygens (including phenoxy) is 2. The molecule has 0 aliphatic rings. The minimum atomic E-state index is -0.517. The van der Waals surface area contributed by atoms with E-state index < -0.39 is 11.8 Å². The monoisotopic (exact) mass is 412 g/mol. The van der Waals surface area contributed by atoms with Crippen molar-refractivity contribution in [3.63, 3.8) is 0 Å². The molecule has 158 valence electrons. The number of amides is 2. The molecule has 2 aromatic carbocycles.